The van der Waals surface area contributed by atoms with Gasteiger partial charge >= 0.3 is 5.69 Å². The summed E-state index contributed by atoms with van der Waals surface area (Å²) in [6, 6.07) is 13.7. The van der Waals surface area contributed by atoms with Crippen molar-refractivity contribution in [1.29, 1.82) is 0 Å². The Kier molecular flexibility index (Phi) is 7.09. The Balaban J connectivity index is 2.24. The smallest absolute Gasteiger partial charge is 0.352 e. The fourth-order valence-corrected chi connectivity index (χ4v) is 3.31. The van der Waals surface area contributed by atoms with Crippen LogP contribution in [0.2, 0.25) is 0 Å². The van der Waals surface area contributed by atoms with Crippen LogP contribution in [0.25, 0.3) is 5.69 Å². The molecule has 0 radical (unpaired) electrons. The number of hydrogen-bond acceptors (Lipinski definition) is 6. The molecule has 3 aromatic rings. The number of carbonyl (C=O) groups is 1. The van der Waals surface area contributed by atoms with E-state index in [4.69, 9.17) is 9.47 Å². The molecule has 3 rings (SSSR count). The van der Waals surface area contributed by atoms with E-state index in [0.717, 1.165) is 9.25 Å². The second-order valence-electron chi connectivity index (χ2n) is 6.96. The first-order chi connectivity index (χ1) is 15.4. The Morgan fingerprint density at radius 1 is 0.969 bits per heavy atom. The summed E-state index contributed by atoms with van der Waals surface area (Å²) in [5.74, 6) is 0.576. The van der Waals surface area contributed by atoms with Gasteiger partial charge < -0.3 is 14.4 Å². The number of aromatic nitrogens is 3. The number of ether oxygens (including phenoxy) is 2. The second-order valence-corrected chi connectivity index (χ2v) is 6.96. The molecule has 1 aromatic heterocycles. The molecule has 0 saturated heterocycles. The molecule has 0 spiro atoms. The van der Waals surface area contributed by atoms with Crippen molar-refractivity contribution in [3.8, 4) is 17.2 Å². The van der Waals surface area contributed by atoms with Crippen molar-refractivity contribution in [2.24, 2.45) is 0 Å². The van der Waals surface area contributed by atoms with Gasteiger partial charge in [0.1, 0.15) is 11.5 Å². The summed E-state index contributed by atoms with van der Waals surface area (Å²) in [5.41, 5.74) is -0.675. The van der Waals surface area contributed by atoms with Crippen molar-refractivity contribution in [3.05, 3.63) is 80.6 Å². The zero-order chi connectivity index (χ0) is 23.3. The summed E-state index contributed by atoms with van der Waals surface area (Å²) in [6.07, 6.45) is 0. The van der Waals surface area contributed by atoms with Gasteiger partial charge in [0.15, 0.2) is 0 Å². The molecule has 0 aliphatic carbocycles. The number of amides is 1. The Labute approximate surface area is 185 Å². The Hall–Kier alpha value is -3.88. The van der Waals surface area contributed by atoms with Gasteiger partial charge in [-0.1, -0.05) is 18.2 Å². The van der Waals surface area contributed by atoms with E-state index in [9.17, 15) is 14.4 Å². The first-order valence-corrected chi connectivity index (χ1v) is 10.2. The maximum Gasteiger partial charge on any atom is 0.352 e. The molecule has 0 bridgehead atoms. The molecule has 1 amide bonds. The van der Waals surface area contributed by atoms with E-state index in [0.29, 0.717) is 35.8 Å². The van der Waals surface area contributed by atoms with Crippen molar-refractivity contribution in [1.82, 2.24) is 19.2 Å². The first-order valence-electron chi connectivity index (χ1n) is 10.2. The number of methoxy groups -OCH3 is 2. The number of hydrogen-bond donors (Lipinski definition) is 0. The van der Waals surface area contributed by atoms with Gasteiger partial charge in [-0.25, -0.2) is 4.79 Å². The van der Waals surface area contributed by atoms with E-state index in [1.165, 1.54) is 19.1 Å². The minimum Gasteiger partial charge on any atom is -0.497 e. The van der Waals surface area contributed by atoms with Gasteiger partial charge in [-0.05, 0) is 43.7 Å². The van der Waals surface area contributed by atoms with Gasteiger partial charge in [0.25, 0.3) is 11.5 Å². The van der Waals surface area contributed by atoms with Crippen LogP contribution in [-0.4, -0.2) is 52.5 Å². The average molecular weight is 438 g/mol. The van der Waals surface area contributed by atoms with Gasteiger partial charge in [-0.15, -0.1) is 0 Å². The molecule has 32 heavy (non-hydrogen) atoms. The van der Waals surface area contributed by atoms with E-state index in [2.05, 4.69) is 5.10 Å². The van der Waals surface area contributed by atoms with Crippen LogP contribution in [0, 0.1) is 0 Å². The third-order valence-electron chi connectivity index (χ3n) is 5.09. The van der Waals surface area contributed by atoms with E-state index in [-0.39, 0.29) is 12.2 Å². The van der Waals surface area contributed by atoms with Crippen molar-refractivity contribution in [3.63, 3.8) is 0 Å². The Bertz CT molecular complexity index is 1230. The molecule has 0 atom stereocenters. The summed E-state index contributed by atoms with van der Waals surface area (Å²) in [6.45, 7) is 4.40. The molecule has 0 unspecified atom stereocenters. The topological polar surface area (TPSA) is 95.7 Å². The Morgan fingerprint density at radius 2 is 1.59 bits per heavy atom. The van der Waals surface area contributed by atoms with Crippen LogP contribution < -0.4 is 20.7 Å². The minimum absolute atomic E-state index is 0.0418. The highest BCUT2D eigenvalue weighted by Crippen LogP contribution is 2.15. The van der Waals surface area contributed by atoms with E-state index in [1.54, 1.807) is 48.5 Å². The summed E-state index contributed by atoms with van der Waals surface area (Å²) < 4.78 is 12.5. The van der Waals surface area contributed by atoms with Gasteiger partial charge in [0.2, 0.25) is 5.69 Å². The molecular weight excluding hydrogens is 412 g/mol. The molecule has 1 heterocycles. The molecule has 0 aliphatic rings. The van der Waals surface area contributed by atoms with Gasteiger partial charge in [-0.2, -0.15) is 9.78 Å². The van der Waals surface area contributed by atoms with Crippen LogP contribution >= 0.6 is 0 Å². The molecule has 9 nitrogen and oxygen atoms in total. The summed E-state index contributed by atoms with van der Waals surface area (Å²) in [7, 11) is 3.04. The van der Waals surface area contributed by atoms with E-state index >= 15 is 0 Å². The highest BCUT2D eigenvalue weighted by Gasteiger charge is 2.23. The minimum atomic E-state index is -0.742. The third kappa shape index (κ3) is 4.56. The highest BCUT2D eigenvalue weighted by molar-refractivity contribution is 5.91. The SMILES string of the molecule is CCN(CC)C(=O)c1nn(-c2cccc(OC)c2)c(=O)n(Cc2cccc(OC)c2)c1=O. The third-order valence-corrected chi connectivity index (χ3v) is 5.09. The zero-order valence-corrected chi connectivity index (χ0v) is 18.6. The normalized spacial score (nSPS) is 10.6. The quantitative estimate of drug-likeness (QED) is 0.533. The van der Waals surface area contributed by atoms with Crippen LogP contribution in [0.15, 0.2) is 58.1 Å². The summed E-state index contributed by atoms with van der Waals surface area (Å²) >= 11 is 0. The first kappa shape index (κ1) is 22.8. The van der Waals surface area contributed by atoms with Crippen molar-refractivity contribution in [2.45, 2.75) is 20.4 Å². The molecule has 0 aliphatic heterocycles. The summed E-state index contributed by atoms with van der Waals surface area (Å²) in [5, 5.41) is 4.17. The Morgan fingerprint density at radius 3 is 2.22 bits per heavy atom. The lowest BCUT2D eigenvalue weighted by atomic mass is 10.2. The molecule has 0 N–H and O–H groups in total. The number of benzene rings is 2. The standard InChI is InChI=1S/C23H26N4O5/c1-5-25(6-2)21(28)20-22(29)26(15-16-9-7-11-18(13-16)31-3)23(30)27(24-20)17-10-8-12-19(14-17)32-4/h7-14H,5-6,15H2,1-4H3. The van der Waals surface area contributed by atoms with Crippen LogP contribution in [0.3, 0.4) is 0 Å². The number of nitrogens with zero attached hydrogens (tertiary/aromatic N) is 4. The largest absolute Gasteiger partial charge is 0.497 e. The van der Waals surface area contributed by atoms with Crippen LogP contribution in [0.1, 0.15) is 29.9 Å². The van der Waals surface area contributed by atoms with E-state index in [1.807, 2.05) is 13.8 Å². The molecule has 9 heteroatoms. The second kappa shape index (κ2) is 9.95. The fourth-order valence-electron chi connectivity index (χ4n) is 3.31. The molecule has 0 saturated carbocycles. The molecule has 168 valence electrons. The lowest BCUT2D eigenvalue weighted by Crippen LogP contribution is -2.46. The van der Waals surface area contributed by atoms with Gasteiger partial charge in [-0.3, -0.25) is 14.2 Å². The maximum absolute atomic E-state index is 13.3. The van der Waals surface area contributed by atoms with Gasteiger partial charge in [0, 0.05) is 19.2 Å². The molecule has 2 aromatic carbocycles. The lowest BCUT2D eigenvalue weighted by molar-refractivity contribution is 0.0761. The highest BCUT2D eigenvalue weighted by atomic mass is 16.5. The molecule has 0 fully saturated rings. The van der Waals surface area contributed by atoms with Gasteiger partial charge in [0.05, 0.1) is 26.5 Å². The van der Waals surface area contributed by atoms with E-state index < -0.39 is 17.2 Å². The fraction of sp³-hybridized carbons (Fsp3) is 0.304. The summed E-state index contributed by atoms with van der Waals surface area (Å²) in [4.78, 5) is 41.0. The predicted octanol–water partition coefficient (Wildman–Crippen LogP) is 1.94. The maximum atomic E-state index is 13.3. The predicted molar refractivity (Wildman–Crippen MR) is 120 cm³/mol. The zero-order valence-electron chi connectivity index (χ0n) is 18.6. The lowest BCUT2D eigenvalue weighted by Gasteiger charge is -2.19. The van der Waals surface area contributed by atoms with Crippen LogP contribution in [0.4, 0.5) is 0 Å². The van der Waals surface area contributed by atoms with Crippen molar-refractivity contribution >= 4 is 5.91 Å². The van der Waals surface area contributed by atoms with Crippen molar-refractivity contribution < 1.29 is 14.3 Å². The monoisotopic (exact) mass is 438 g/mol. The van der Waals surface area contributed by atoms with Crippen molar-refractivity contribution in [2.75, 3.05) is 27.3 Å². The number of carbonyl (C=O) groups excluding carboxylic acids is 1. The van der Waals surface area contributed by atoms with Crippen LogP contribution in [-0.2, 0) is 6.54 Å². The molecular formula is C23H26N4O5. The number of rotatable bonds is 8. The van der Waals surface area contributed by atoms with Crippen LogP contribution in [0.5, 0.6) is 11.5 Å². The average Bonchev–Trinajstić information content (AvgIpc) is 2.82.